The summed E-state index contributed by atoms with van der Waals surface area (Å²) in [6, 6.07) is 29.3. The van der Waals surface area contributed by atoms with Crippen LogP contribution in [0.5, 0.6) is 5.75 Å². The van der Waals surface area contributed by atoms with Gasteiger partial charge in [0.1, 0.15) is 5.75 Å². The molecule has 0 aliphatic carbocycles. The van der Waals surface area contributed by atoms with Crippen LogP contribution >= 0.6 is 0 Å². The molecule has 1 amide bonds. The first kappa shape index (κ1) is 21.4. The van der Waals surface area contributed by atoms with E-state index in [2.05, 4.69) is 29.4 Å². The average molecular weight is 450 g/mol. The first-order chi connectivity index (χ1) is 16.6. The van der Waals surface area contributed by atoms with Gasteiger partial charge in [-0.05, 0) is 52.2 Å². The van der Waals surface area contributed by atoms with Gasteiger partial charge in [0.25, 0.3) is 5.91 Å². The number of aromatic hydroxyl groups is 1. The molecule has 0 fully saturated rings. The van der Waals surface area contributed by atoms with Gasteiger partial charge in [-0.2, -0.15) is 5.10 Å². The van der Waals surface area contributed by atoms with Crippen molar-refractivity contribution in [1.82, 2.24) is 5.01 Å². The van der Waals surface area contributed by atoms with Crippen LogP contribution in [0.2, 0.25) is 0 Å². The van der Waals surface area contributed by atoms with Crippen molar-refractivity contribution in [3.8, 4) is 5.75 Å². The maximum atomic E-state index is 13.1. The molecule has 0 aromatic heterocycles. The van der Waals surface area contributed by atoms with E-state index < -0.39 is 18.5 Å². The highest BCUT2D eigenvalue weighted by Gasteiger charge is 2.33. The highest BCUT2D eigenvalue weighted by atomic mass is 16.5. The Morgan fingerprint density at radius 3 is 2.35 bits per heavy atom. The predicted molar refractivity (Wildman–Crippen MR) is 130 cm³/mol. The smallest absolute Gasteiger partial charge is 0.338 e. The third-order valence-corrected chi connectivity index (χ3v) is 5.86. The van der Waals surface area contributed by atoms with Gasteiger partial charge in [0, 0.05) is 6.42 Å². The molecule has 1 heterocycles. The Kier molecular flexibility index (Phi) is 5.79. The standard InChI is InChI=1S/C28H22N2O4/c31-24-14-12-21(13-15-24)28(33)34-18-27(32)30-26(20-7-2-1-3-8-20)17-25(29-30)23-11-10-19-6-4-5-9-22(19)16-23/h1-16,26,31H,17-18H2. The number of nitrogens with zero attached hydrogens (tertiary/aromatic N) is 2. The first-order valence-electron chi connectivity index (χ1n) is 11.0. The monoisotopic (exact) mass is 450 g/mol. The summed E-state index contributed by atoms with van der Waals surface area (Å²) in [6.45, 7) is -0.433. The molecular weight excluding hydrogens is 428 g/mol. The Hall–Kier alpha value is -4.45. The number of hydrogen-bond donors (Lipinski definition) is 1. The molecule has 1 aliphatic heterocycles. The minimum Gasteiger partial charge on any atom is -0.508 e. The normalized spacial score (nSPS) is 15.2. The Morgan fingerprint density at radius 1 is 0.882 bits per heavy atom. The second-order valence-corrected chi connectivity index (χ2v) is 8.10. The molecule has 5 rings (SSSR count). The van der Waals surface area contributed by atoms with Gasteiger partial charge in [0.2, 0.25) is 0 Å². The Morgan fingerprint density at radius 2 is 1.59 bits per heavy atom. The minimum absolute atomic E-state index is 0.0472. The van der Waals surface area contributed by atoms with Gasteiger partial charge >= 0.3 is 5.97 Å². The van der Waals surface area contributed by atoms with E-state index in [-0.39, 0.29) is 17.4 Å². The van der Waals surface area contributed by atoms with Crippen molar-refractivity contribution in [3.63, 3.8) is 0 Å². The highest BCUT2D eigenvalue weighted by Crippen LogP contribution is 2.33. The summed E-state index contributed by atoms with van der Waals surface area (Å²) >= 11 is 0. The van der Waals surface area contributed by atoms with Gasteiger partial charge in [-0.3, -0.25) is 4.79 Å². The van der Waals surface area contributed by atoms with Crippen molar-refractivity contribution in [2.75, 3.05) is 6.61 Å². The van der Waals surface area contributed by atoms with Crippen LogP contribution in [0.15, 0.2) is 102 Å². The zero-order chi connectivity index (χ0) is 23.5. The van der Waals surface area contributed by atoms with Gasteiger partial charge in [-0.1, -0.05) is 66.7 Å². The molecule has 1 N–H and O–H groups in total. The number of ether oxygens (including phenoxy) is 1. The zero-order valence-electron chi connectivity index (χ0n) is 18.3. The summed E-state index contributed by atoms with van der Waals surface area (Å²) in [4.78, 5) is 25.4. The Bertz CT molecular complexity index is 1380. The summed E-state index contributed by atoms with van der Waals surface area (Å²) in [7, 11) is 0. The van der Waals surface area contributed by atoms with Crippen LogP contribution in [-0.4, -0.2) is 34.3 Å². The lowest BCUT2D eigenvalue weighted by molar-refractivity contribution is -0.136. The molecule has 0 spiro atoms. The topological polar surface area (TPSA) is 79.2 Å². The number of fused-ring (bicyclic) bond motifs is 1. The van der Waals surface area contributed by atoms with E-state index in [4.69, 9.17) is 4.74 Å². The largest absolute Gasteiger partial charge is 0.508 e. The summed E-state index contributed by atoms with van der Waals surface area (Å²) in [5, 5.41) is 17.7. The van der Waals surface area contributed by atoms with Gasteiger partial charge in [-0.25, -0.2) is 9.80 Å². The summed E-state index contributed by atoms with van der Waals surface area (Å²) in [5.74, 6) is -0.995. The van der Waals surface area contributed by atoms with Gasteiger partial charge in [0.05, 0.1) is 17.3 Å². The second-order valence-electron chi connectivity index (χ2n) is 8.10. The molecule has 6 heteroatoms. The van der Waals surface area contributed by atoms with E-state index in [1.807, 2.05) is 48.5 Å². The Labute approximate surface area is 196 Å². The molecule has 6 nitrogen and oxygen atoms in total. The second kappa shape index (κ2) is 9.19. The van der Waals surface area contributed by atoms with Crippen molar-refractivity contribution in [2.24, 2.45) is 5.10 Å². The molecule has 0 saturated heterocycles. The molecule has 4 aromatic rings. The van der Waals surface area contributed by atoms with E-state index in [1.54, 1.807) is 0 Å². The molecule has 0 bridgehead atoms. The predicted octanol–water partition coefficient (Wildman–Crippen LogP) is 5.08. The fraction of sp³-hybridized carbons (Fsp3) is 0.107. The van der Waals surface area contributed by atoms with Gasteiger partial charge < -0.3 is 9.84 Å². The number of rotatable bonds is 5. The lowest BCUT2D eigenvalue weighted by Crippen LogP contribution is -2.31. The number of benzene rings is 4. The third-order valence-electron chi connectivity index (χ3n) is 5.86. The van der Waals surface area contributed by atoms with Crippen LogP contribution in [0.3, 0.4) is 0 Å². The third kappa shape index (κ3) is 4.38. The summed E-state index contributed by atoms with van der Waals surface area (Å²) < 4.78 is 5.24. The fourth-order valence-electron chi connectivity index (χ4n) is 4.09. The quantitative estimate of drug-likeness (QED) is 0.430. The average Bonchev–Trinajstić information content (AvgIpc) is 3.33. The number of hydrogen-bond acceptors (Lipinski definition) is 5. The van der Waals surface area contributed by atoms with E-state index in [1.165, 1.54) is 29.3 Å². The summed E-state index contributed by atoms with van der Waals surface area (Å²) in [5.41, 5.74) is 2.97. The number of carbonyl (C=O) groups excluding carboxylic acids is 2. The lowest BCUT2D eigenvalue weighted by atomic mass is 9.97. The zero-order valence-corrected chi connectivity index (χ0v) is 18.3. The van der Waals surface area contributed by atoms with Crippen LogP contribution in [0.4, 0.5) is 0 Å². The minimum atomic E-state index is -0.637. The molecule has 1 aliphatic rings. The maximum absolute atomic E-state index is 13.1. The first-order valence-corrected chi connectivity index (χ1v) is 11.0. The molecule has 4 aromatic carbocycles. The van der Waals surface area contributed by atoms with Crippen molar-refractivity contribution in [2.45, 2.75) is 12.5 Å². The van der Waals surface area contributed by atoms with Crippen molar-refractivity contribution in [3.05, 3.63) is 114 Å². The van der Waals surface area contributed by atoms with Crippen LogP contribution in [0, 0.1) is 0 Å². The number of hydrazone groups is 1. The van der Waals surface area contributed by atoms with Crippen molar-refractivity contribution < 1.29 is 19.4 Å². The van der Waals surface area contributed by atoms with Gasteiger partial charge in [-0.15, -0.1) is 0 Å². The van der Waals surface area contributed by atoms with Crippen molar-refractivity contribution in [1.29, 1.82) is 0 Å². The number of carbonyl (C=O) groups is 2. The molecule has 168 valence electrons. The number of esters is 1. The molecule has 34 heavy (non-hydrogen) atoms. The highest BCUT2D eigenvalue weighted by molar-refractivity contribution is 6.05. The molecular formula is C28H22N2O4. The molecule has 1 unspecified atom stereocenters. The molecule has 0 saturated carbocycles. The van der Waals surface area contributed by atoms with E-state index in [0.717, 1.165) is 27.6 Å². The Balaban J connectivity index is 1.39. The fourth-order valence-corrected chi connectivity index (χ4v) is 4.09. The maximum Gasteiger partial charge on any atom is 0.338 e. The number of phenols is 1. The molecule has 1 atom stereocenters. The lowest BCUT2D eigenvalue weighted by Gasteiger charge is -2.21. The summed E-state index contributed by atoms with van der Waals surface area (Å²) in [6.07, 6.45) is 0.556. The van der Waals surface area contributed by atoms with E-state index in [9.17, 15) is 14.7 Å². The SMILES string of the molecule is O=C(OCC(=O)N1N=C(c2ccc3ccccc3c2)CC1c1ccccc1)c1ccc(O)cc1. The number of amides is 1. The number of phenolic OH excluding ortho intramolecular Hbond substituents is 1. The van der Waals surface area contributed by atoms with Crippen molar-refractivity contribution >= 4 is 28.4 Å². The van der Waals surface area contributed by atoms with Crippen LogP contribution in [0.25, 0.3) is 10.8 Å². The van der Waals surface area contributed by atoms with Crippen LogP contribution < -0.4 is 0 Å². The van der Waals surface area contributed by atoms with E-state index in [0.29, 0.717) is 6.42 Å². The van der Waals surface area contributed by atoms with E-state index >= 15 is 0 Å². The van der Waals surface area contributed by atoms with Gasteiger partial charge in [0.15, 0.2) is 6.61 Å². The van der Waals surface area contributed by atoms with Crippen LogP contribution in [0.1, 0.15) is 33.9 Å². The molecule has 0 radical (unpaired) electrons. The van der Waals surface area contributed by atoms with Crippen LogP contribution in [-0.2, 0) is 9.53 Å².